The molecule has 0 aromatic carbocycles. The van der Waals surface area contributed by atoms with Crippen molar-refractivity contribution < 1.29 is 4.79 Å². The van der Waals surface area contributed by atoms with Crippen LogP contribution in [0, 0.1) is 12.3 Å². The number of amides is 1. The summed E-state index contributed by atoms with van der Waals surface area (Å²) in [7, 11) is 0. The maximum Gasteiger partial charge on any atom is 0.224 e. The third kappa shape index (κ3) is 3.60. The molecule has 0 atom stereocenters. The summed E-state index contributed by atoms with van der Waals surface area (Å²) in [6.45, 7) is 8.35. The van der Waals surface area contributed by atoms with E-state index in [0.717, 1.165) is 28.1 Å². The van der Waals surface area contributed by atoms with Gasteiger partial charge in [0.05, 0.1) is 11.4 Å². The SMILES string of the molecule is Cc1nc2ccc(NC(=O)CCC(C)(C)C)cn2c1Br. The molecule has 2 rings (SSSR count). The van der Waals surface area contributed by atoms with Crippen LogP contribution in [0.1, 0.15) is 39.3 Å². The molecular formula is C15H20BrN3O. The van der Waals surface area contributed by atoms with Gasteiger partial charge in [0.2, 0.25) is 5.91 Å². The first-order chi connectivity index (χ1) is 9.26. The van der Waals surface area contributed by atoms with Crippen LogP contribution in [0.5, 0.6) is 0 Å². The fourth-order valence-electron chi connectivity index (χ4n) is 1.92. The van der Waals surface area contributed by atoms with E-state index in [1.807, 2.05) is 29.7 Å². The van der Waals surface area contributed by atoms with Crippen LogP contribution in [-0.2, 0) is 4.79 Å². The molecule has 1 amide bonds. The zero-order valence-electron chi connectivity index (χ0n) is 12.3. The van der Waals surface area contributed by atoms with Crippen LogP contribution in [0.25, 0.3) is 5.65 Å². The predicted molar refractivity (Wildman–Crippen MR) is 84.9 cm³/mol. The number of carbonyl (C=O) groups excluding carboxylic acids is 1. The van der Waals surface area contributed by atoms with Crippen molar-refractivity contribution in [3.63, 3.8) is 0 Å². The van der Waals surface area contributed by atoms with E-state index in [4.69, 9.17) is 0 Å². The van der Waals surface area contributed by atoms with Crippen LogP contribution >= 0.6 is 15.9 Å². The Balaban J connectivity index is 2.10. The fraction of sp³-hybridized carbons (Fsp3) is 0.467. The highest BCUT2D eigenvalue weighted by Crippen LogP contribution is 2.22. The fourth-order valence-corrected chi connectivity index (χ4v) is 2.29. The molecule has 0 aliphatic rings. The van der Waals surface area contributed by atoms with Gasteiger partial charge in [0.1, 0.15) is 10.3 Å². The molecule has 20 heavy (non-hydrogen) atoms. The average molecular weight is 338 g/mol. The molecular weight excluding hydrogens is 318 g/mol. The Kier molecular flexibility index (Phi) is 4.18. The van der Waals surface area contributed by atoms with E-state index in [0.29, 0.717) is 6.42 Å². The summed E-state index contributed by atoms with van der Waals surface area (Å²) in [6.07, 6.45) is 3.29. The highest BCUT2D eigenvalue weighted by Gasteiger charge is 2.13. The first-order valence-corrected chi connectivity index (χ1v) is 7.50. The third-order valence-electron chi connectivity index (χ3n) is 3.11. The lowest BCUT2D eigenvalue weighted by Gasteiger charge is -2.17. The highest BCUT2D eigenvalue weighted by atomic mass is 79.9. The van der Waals surface area contributed by atoms with E-state index in [-0.39, 0.29) is 11.3 Å². The Bertz CT molecular complexity index is 640. The maximum atomic E-state index is 11.9. The molecule has 5 heteroatoms. The molecule has 2 aromatic rings. The summed E-state index contributed by atoms with van der Waals surface area (Å²) >= 11 is 3.50. The molecule has 0 aliphatic heterocycles. The third-order valence-corrected chi connectivity index (χ3v) is 4.06. The number of pyridine rings is 1. The van der Waals surface area contributed by atoms with E-state index >= 15 is 0 Å². The molecule has 2 aromatic heterocycles. The van der Waals surface area contributed by atoms with Gasteiger partial charge in [0.25, 0.3) is 0 Å². The number of carbonyl (C=O) groups is 1. The number of nitrogens with zero attached hydrogens (tertiary/aromatic N) is 2. The highest BCUT2D eigenvalue weighted by molar-refractivity contribution is 9.10. The topological polar surface area (TPSA) is 46.4 Å². The van der Waals surface area contributed by atoms with Gasteiger partial charge in [-0.25, -0.2) is 4.98 Å². The maximum absolute atomic E-state index is 11.9. The van der Waals surface area contributed by atoms with E-state index in [2.05, 4.69) is 47.0 Å². The molecule has 0 bridgehead atoms. The van der Waals surface area contributed by atoms with Gasteiger partial charge in [0, 0.05) is 12.6 Å². The number of hydrogen-bond donors (Lipinski definition) is 1. The Labute approximate surface area is 127 Å². The number of nitrogens with one attached hydrogen (secondary N) is 1. The van der Waals surface area contributed by atoms with Gasteiger partial charge in [-0.1, -0.05) is 20.8 Å². The van der Waals surface area contributed by atoms with E-state index in [9.17, 15) is 4.79 Å². The van der Waals surface area contributed by atoms with Crippen molar-refractivity contribution in [1.82, 2.24) is 9.38 Å². The number of anilines is 1. The zero-order chi connectivity index (χ0) is 14.9. The van der Waals surface area contributed by atoms with Crippen molar-refractivity contribution in [3.8, 4) is 0 Å². The molecule has 0 fully saturated rings. The smallest absolute Gasteiger partial charge is 0.224 e. The Hall–Kier alpha value is -1.36. The molecule has 0 radical (unpaired) electrons. The number of halogens is 1. The largest absolute Gasteiger partial charge is 0.325 e. The molecule has 1 N–H and O–H groups in total. The summed E-state index contributed by atoms with van der Waals surface area (Å²) in [5.41, 5.74) is 2.75. The van der Waals surface area contributed by atoms with Crippen molar-refractivity contribution >= 4 is 33.2 Å². The standard InChI is InChI=1S/C15H20BrN3O/c1-10-14(16)19-9-11(5-6-12(19)17-10)18-13(20)7-8-15(2,3)4/h5-6,9H,7-8H2,1-4H3,(H,18,20). The van der Waals surface area contributed by atoms with E-state index in [1.54, 1.807) is 0 Å². The van der Waals surface area contributed by atoms with Crippen molar-refractivity contribution in [2.45, 2.75) is 40.5 Å². The van der Waals surface area contributed by atoms with Crippen LogP contribution in [0.3, 0.4) is 0 Å². The van der Waals surface area contributed by atoms with Gasteiger partial charge >= 0.3 is 0 Å². The minimum atomic E-state index is 0.0484. The van der Waals surface area contributed by atoms with Crippen LogP contribution < -0.4 is 5.32 Å². The Morgan fingerprint density at radius 3 is 2.75 bits per heavy atom. The number of hydrogen-bond acceptors (Lipinski definition) is 2. The van der Waals surface area contributed by atoms with Crippen LogP contribution in [-0.4, -0.2) is 15.3 Å². The van der Waals surface area contributed by atoms with Gasteiger partial charge in [0.15, 0.2) is 0 Å². The molecule has 0 aliphatic carbocycles. The average Bonchev–Trinajstić information content (AvgIpc) is 2.63. The van der Waals surface area contributed by atoms with E-state index in [1.165, 1.54) is 0 Å². The van der Waals surface area contributed by atoms with Gasteiger partial charge in [-0.05, 0) is 46.8 Å². The first kappa shape index (κ1) is 15.0. The van der Waals surface area contributed by atoms with Crippen molar-refractivity contribution in [2.24, 2.45) is 5.41 Å². The second kappa shape index (κ2) is 5.56. The summed E-state index contributed by atoms with van der Waals surface area (Å²) < 4.78 is 2.84. The van der Waals surface area contributed by atoms with E-state index < -0.39 is 0 Å². The van der Waals surface area contributed by atoms with Gasteiger partial charge in [-0.2, -0.15) is 0 Å². The van der Waals surface area contributed by atoms with Crippen LogP contribution in [0.2, 0.25) is 0 Å². The molecule has 4 nitrogen and oxygen atoms in total. The summed E-state index contributed by atoms with van der Waals surface area (Å²) in [6, 6.07) is 3.78. The summed E-state index contributed by atoms with van der Waals surface area (Å²) in [4.78, 5) is 16.3. The Morgan fingerprint density at radius 1 is 1.40 bits per heavy atom. The molecule has 0 saturated heterocycles. The predicted octanol–water partition coefficient (Wildman–Crippen LogP) is 4.17. The van der Waals surface area contributed by atoms with Crippen molar-refractivity contribution in [1.29, 1.82) is 0 Å². The molecule has 2 heterocycles. The number of aryl methyl sites for hydroxylation is 1. The van der Waals surface area contributed by atoms with Gasteiger partial charge in [-0.3, -0.25) is 9.20 Å². The summed E-state index contributed by atoms with van der Waals surface area (Å²) in [5, 5.41) is 2.93. The van der Waals surface area contributed by atoms with Gasteiger partial charge in [-0.15, -0.1) is 0 Å². The first-order valence-electron chi connectivity index (χ1n) is 6.70. The lowest BCUT2D eigenvalue weighted by atomic mass is 9.90. The molecule has 0 spiro atoms. The molecule has 0 unspecified atom stereocenters. The lowest BCUT2D eigenvalue weighted by Crippen LogP contribution is -2.15. The van der Waals surface area contributed by atoms with Crippen molar-refractivity contribution in [2.75, 3.05) is 5.32 Å². The quantitative estimate of drug-likeness (QED) is 0.913. The second-order valence-corrected chi connectivity index (χ2v) is 6.99. The number of rotatable bonds is 3. The molecule has 108 valence electrons. The minimum Gasteiger partial charge on any atom is -0.325 e. The summed E-state index contributed by atoms with van der Waals surface area (Å²) in [5.74, 6) is 0.0484. The Morgan fingerprint density at radius 2 is 2.10 bits per heavy atom. The zero-order valence-corrected chi connectivity index (χ0v) is 13.9. The molecule has 0 saturated carbocycles. The second-order valence-electron chi connectivity index (χ2n) is 6.24. The normalized spacial score (nSPS) is 11.8. The van der Waals surface area contributed by atoms with Crippen molar-refractivity contribution in [3.05, 3.63) is 28.6 Å². The minimum absolute atomic E-state index is 0.0484. The number of aromatic nitrogens is 2. The monoisotopic (exact) mass is 337 g/mol. The number of imidazole rings is 1. The number of fused-ring (bicyclic) bond motifs is 1. The van der Waals surface area contributed by atoms with Gasteiger partial charge < -0.3 is 5.32 Å². The lowest BCUT2D eigenvalue weighted by molar-refractivity contribution is -0.116. The van der Waals surface area contributed by atoms with Crippen LogP contribution in [0.4, 0.5) is 5.69 Å². The van der Waals surface area contributed by atoms with Crippen LogP contribution in [0.15, 0.2) is 22.9 Å².